The zero-order valence-corrected chi connectivity index (χ0v) is 14.8. The van der Waals surface area contributed by atoms with Crippen LogP contribution in [0.3, 0.4) is 0 Å². The van der Waals surface area contributed by atoms with Crippen molar-refractivity contribution in [3.8, 4) is 11.5 Å². The molecule has 1 atom stereocenters. The molecule has 3 rings (SSSR count). The summed E-state index contributed by atoms with van der Waals surface area (Å²) in [6, 6.07) is 5.60. The monoisotopic (exact) mass is 347 g/mol. The van der Waals surface area contributed by atoms with Crippen LogP contribution in [0.15, 0.2) is 18.2 Å². The molecule has 1 saturated heterocycles. The minimum Gasteiger partial charge on any atom is -0.454 e. The van der Waals surface area contributed by atoms with Gasteiger partial charge in [-0.2, -0.15) is 0 Å². The van der Waals surface area contributed by atoms with Crippen LogP contribution >= 0.6 is 0 Å². The molecule has 0 aliphatic carbocycles. The Morgan fingerprint density at radius 3 is 2.76 bits per heavy atom. The van der Waals surface area contributed by atoms with Gasteiger partial charge in [0.15, 0.2) is 11.5 Å². The number of ether oxygens (including phenoxy) is 2. The van der Waals surface area contributed by atoms with E-state index in [0.29, 0.717) is 13.1 Å². The smallest absolute Gasteiger partial charge is 0.234 e. The van der Waals surface area contributed by atoms with Gasteiger partial charge in [-0.05, 0) is 31.0 Å². The molecule has 25 heavy (non-hydrogen) atoms. The van der Waals surface area contributed by atoms with Gasteiger partial charge in [-0.25, -0.2) is 0 Å². The van der Waals surface area contributed by atoms with E-state index >= 15 is 0 Å². The Hall–Kier alpha value is -2.28. The fourth-order valence-corrected chi connectivity index (χ4v) is 3.20. The second-order valence-corrected chi connectivity index (χ2v) is 6.54. The summed E-state index contributed by atoms with van der Waals surface area (Å²) in [5.74, 6) is 1.54. The van der Waals surface area contributed by atoms with Crippen molar-refractivity contribution in [3.63, 3.8) is 0 Å². The topological polar surface area (TPSA) is 71.1 Å². The number of carbonyl (C=O) groups is 2. The summed E-state index contributed by atoms with van der Waals surface area (Å²) in [4.78, 5) is 27.8. The third kappa shape index (κ3) is 4.42. The van der Waals surface area contributed by atoms with E-state index in [1.54, 1.807) is 6.92 Å². The minimum absolute atomic E-state index is 0.0126. The molecule has 7 nitrogen and oxygen atoms in total. The number of rotatable bonds is 4. The maximum Gasteiger partial charge on any atom is 0.234 e. The maximum absolute atomic E-state index is 12.4. The molecule has 1 unspecified atom stereocenters. The van der Waals surface area contributed by atoms with E-state index < -0.39 is 0 Å². The van der Waals surface area contributed by atoms with E-state index in [2.05, 4.69) is 10.2 Å². The third-order valence-electron chi connectivity index (χ3n) is 4.68. The summed E-state index contributed by atoms with van der Waals surface area (Å²) < 4.78 is 10.7. The summed E-state index contributed by atoms with van der Waals surface area (Å²) in [7, 11) is 0. The molecule has 1 fully saturated rings. The van der Waals surface area contributed by atoms with Crippen molar-refractivity contribution in [3.05, 3.63) is 23.8 Å². The lowest BCUT2D eigenvalue weighted by Crippen LogP contribution is -2.40. The molecule has 1 aromatic carbocycles. The van der Waals surface area contributed by atoms with Gasteiger partial charge >= 0.3 is 0 Å². The quantitative estimate of drug-likeness (QED) is 0.885. The molecule has 0 bridgehead atoms. The lowest BCUT2D eigenvalue weighted by atomic mass is 10.1. The fourth-order valence-electron chi connectivity index (χ4n) is 3.20. The predicted octanol–water partition coefficient (Wildman–Crippen LogP) is 1.15. The summed E-state index contributed by atoms with van der Waals surface area (Å²) >= 11 is 0. The second kappa shape index (κ2) is 7.74. The highest BCUT2D eigenvalue weighted by Gasteiger charge is 2.20. The Labute approximate surface area is 147 Å². The first kappa shape index (κ1) is 17.5. The lowest BCUT2D eigenvalue weighted by Gasteiger charge is -2.22. The Balaban J connectivity index is 1.51. The van der Waals surface area contributed by atoms with E-state index in [1.807, 2.05) is 30.0 Å². The average molecular weight is 347 g/mol. The molecule has 1 aromatic rings. The highest BCUT2D eigenvalue weighted by Crippen LogP contribution is 2.34. The largest absolute Gasteiger partial charge is 0.454 e. The number of hydrogen-bond acceptors (Lipinski definition) is 5. The SMILES string of the molecule is CC(=O)N1CCCN(CC(=O)NC(C)c2ccc3c(c2)OCO3)CC1. The van der Waals surface area contributed by atoms with Crippen molar-refractivity contribution in [2.24, 2.45) is 0 Å². The Kier molecular flexibility index (Phi) is 5.43. The fraction of sp³-hybridized carbons (Fsp3) is 0.556. The Bertz CT molecular complexity index is 649. The molecule has 2 aliphatic rings. The highest BCUT2D eigenvalue weighted by atomic mass is 16.7. The minimum atomic E-state index is -0.109. The van der Waals surface area contributed by atoms with Crippen LogP contribution in [-0.2, 0) is 9.59 Å². The first-order valence-corrected chi connectivity index (χ1v) is 8.69. The standard InChI is InChI=1S/C18H25N3O4/c1-13(15-4-5-16-17(10-15)25-12-24-16)19-18(23)11-20-6-3-7-21(9-8-20)14(2)22/h4-5,10,13H,3,6-9,11-12H2,1-2H3,(H,19,23). The summed E-state index contributed by atoms with van der Waals surface area (Å²) in [5, 5.41) is 3.03. The summed E-state index contributed by atoms with van der Waals surface area (Å²) in [6.07, 6.45) is 0.893. The van der Waals surface area contributed by atoms with Gasteiger partial charge in [-0.1, -0.05) is 6.07 Å². The molecule has 0 saturated carbocycles. The van der Waals surface area contributed by atoms with Crippen LogP contribution in [0.1, 0.15) is 31.9 Å². The summed E-state index contributed by atoms with van der Waals surface area (Å²) in [5.41, 5.74) is 0.983. The molecular weight excluding hydrogens is 322 g/mol. The number of fused-ring (bicyclic) bond motifs is 1. The van der Waals surface area contributed by atoms with E-state index in [0.717, 1.165) is 43.1 Å². The van der Waals surface area contributed by atoms with Crippen LogP contribution in [0.2, 0.25) is 0 Å². The highest BCUT2D eigenvalue weighted by molar-refractivity contribution is 5.78. The third-order valence-corrected chi connectivity index (χ3v) is 4.68. The zero-order chi connectivity index (χ0) is 17.8. The maximum atomic E-state index is 12.4. The number of nitrogens with zero attached hydrogens (tertiary/aromatic N) is 2. The van der Waals surface area contributed by atoms with Gasteiger partial charge in [0.05, 0.1) is 12.6 Å². The first-order chi connectivity index (χ1) is 12.0. The molecule has 0 radical (unpaired) electrons. The van der Waals surface area contributed by atoms with Crippen LogP contribution < -0.4 is 14.8 Å². The van der Waals surface area contributed by atoms with Crippen LogP contribution in [-0.4, -0.2) is 61.1 Å². The van der Waals surface area contributed by atoms with E-state index in [4.69, 9.17) is 9.47 Å². The molecule has 0 aromatic heterocycles. The van der Waals surface area contributed by atoms with Gasteiger partial charge in [0.25, 0.3) is 0 Å². The Morgan fingerprint density at radius 2 is 1.96 bits per heavy atom. The van der Waals surface area contributed by atoms with Gasteiger partial charge in [-0.15, -0.1) is 0 Å². The summed E-state index contributed by atoms with van der Waals surface area (Å²) in [6.45, 7) is 7.14. The van der Waals surface area contributed by atoms with Crippen LogP contribution in [0.25, 0.3) is 0 Å². The van der Waals surface area contributed by atoms with Crippen molar-refractivity contribution in [1.82, 2.24) is 15.1 Å². The van der Waals surface area contributed by atoms with Crippen molar-refractivity contribution in [2.75, 3.05) is 39.5 Å². The molecule has 0 spiro atoms. The zero-order valence-electron chi connectivity index (χ0n) is 14.8. The van der Waals surface area contributed by atoms with Crippen molar-refractivity contribution < 1.29 is 19.1 Å². The number of benzene rings is 1. The van der Waals surface area contributed by atoms with E-state index in [1.165, 1.54) is 0 Å². The van der Waals surface area contributed by atoms with E-state index in [9.17, 15) is 9.59 Å². The van der Waals surface area contributed by atoms with Crippen molar-refractivity contribution in [1.29, 1.82) is 0 Å². The molecule has 1 N–H and O–H groups in total. The molecule has 2 aliphatic heterocycles. The van der Waals surface area contributed by atoms with Gasteiger partial charge in [0.2, 0.25) is 18.6 Å². The second-order valence-electron chi connectivity index (χ2n) is 6.54. The van der Waals surface area contributed by atoms with Crippen LogP contribution in [0, 0.1) is 0 Å². The van der Waals surface area contributed by atoms with Gasteiger partial charge in [-0.3, -0.25) is 14.5 Å². The molecule has 2 heterocycles. The van der Waals surface area contributed by atoms with Crippen LogP contribution in [0.5, 0.6) is 11.5 Å². The number of nitrogens with one attached hydrogen (secondary N) is 1. The average Bonchev–Trinajstić information content (AvgIpc) is 2.92. The molecular formula is C18H25N3O4. The molecule has 136 valence electrons. The van der Waals surface area contributed by atoms with Crippen molar-refractivity contribution >= 4 is 11.8 Å². The lowest BCUT2D eigenvalue weighted by molar-refractivity contribution is -0.128. The predicted molar refractivity (Wildman–Crippen MR) is 92.4 cm³/mol. The number of carbonyl (C=O) groups excluding carboxylic acids is 2. The van der Waals surface area contributed by atoms with Gasteiger partial charge < -0.3 is 19.7 Å². The van der Waals surface area contributed by atoms with E-state index in [-0.39, 0.29) is 24.6 Å². The van der Waals surface area contributed by atoms with Gasteiger partial charge in [0, 0.05) is 33.1 Å². The number of amides is 2. The van der Waals surface area contributed by atoms with Crippen molar-refractivity contribution in [2.45, 2.75) is 26.3 Å². The van der Waals surface area contributed by atoms with Gasteiger partial charge in [0.1, 0.15) is 0 Å². The normalized spacial score (nSPS) is 18.6. The van der Waals surface area contributed by atoms with Crippen LogP contribution in [0.4, 0.5) is 0 Å². The Morgan fingerprint density at radius 1 is 1.16 bits per heavy atom. The first-order valence-electron chi connectivity index (χ1n) is 8.69. The number of hydrogen-bond donors (Lipinski definition) is 1. The molecule has 2 amide bonds. The molecule has 7 heteroatoms.